The highest BCUT2D eigenvalue weighted by Crippen LogP contribution is 2.20. The number of aromatic nitrogens is 4. The Morgan fingerprint density at radius 1 is 1.40 bits per heavy atom. The topological polar surface area (TPSA) is 43.6 Å². The van der Waals surface area contributed by atoms with E-state index in [0.29, 0.717) is 5.69 Å². The number of aryl methyl sites for hydroxylation is 1. The summed E-state index contributed by atoms with van der Waals surface area (Å²) in [6.45, 7) is 0. The van der Waals surface area contributed by atoms with E-state index >= 15 is 0 Å². The minimum absolute atomic E-state index is 0.288. The van der Waals surface area contributed by atoms with Gasteiger partial charge >= 0.3 is 0 Å². The fraction of sp³-hybridized carbons (Fsp3) is 0.222. The lowest BCUT2D eigenvalue weighted by molar-refractivity contribution is 0.385. The molecule has 0 fully saturated rings. The highest BCUT2D eigenvalue weighted by atomic mass is 19.1. The van der Waals surface area contributed by atoms with Gasteiger partial charge in [0.25, 0.3) is 0 Å². The maximum Gasteiger partial charge on any atom is 0.187 e. The van der Waals surface area contributed by atoms with Crippen LogP contribution in [0.2, 0.25) is 0 Å². The molecule has 0 N–H and O–H groups in total. The van der Waals surface area contributed by atoms with Gasteiger partial charge in [0.1, 0.15) is 5.69 Å². The molecule has 0 saturated heterocycles. The highest BCUT2D eigenvalue weighted by molar-refractivity contribution is 6.30. The fourth-order valence-corrected chi connectivity index (χ4v) is 1.34. The summed E-state index contributed by atoms with van der Waals surface area (Å²) in [7, 11) is 3.53. The molecule has 2 aromatic rings. The van der Waals surface area contributed by atoms with Crippen molar-refractivity contribution >= 4 is 13.4 Å². The van der Waals surface area contributed by atoms with Crippen molar-refractivity contribution in [3.05, 3.63) is 35.8 Å². The van der Waals surface area contributed by atoms with Crippen LogP contribution in [0, 0.1) is 0 Å². The molecule has 0 amide bonds. The van der Waals surface area contributed by atoms with E-state index in [1.54, 1.807) is 25.4 Å². The van der Waals surface area contributed by atoms with Crippen molar-refractivity contribution < 1.29 is 4.39 Å². The van der Waals surface area contributed by atoms with Crippen molar-refractivity contribution in [1.29, 1.82) is 0 Å². The number of halogens is 1. The average Bonchev–Trinajstić information content (AvgIpc) is 2.64. The van der Waals surface area contributed by atoms with Gasteiger partial charge in [0, 0.05) is 7.05 Å². The minimum Gasteiger partial charge on any atom is -0.265 e. The van der Waals surface area contributed by atoms with Gasteiger partial charge in [-0.15, -0.1) is 5.10 Å². The number of nitrogens with zero attached hydrogens (tertiary/aromatic N) is 4. The predicted molar refractivity (Wildman–Crippen MR) is 56.4 cm³/mol. The zero-order chi connectivity index (χ0) is 10.8. The second kappa shape index (κ2) is 3.80. The first-order chi connectivity index (χ1) is 7.16. The number of alkyl halides is 1. The first-order valence-electron chi connectivity index (χ1n) is 4.60. The number of hydrogen-bond acceptors (Lipinski definition) is 3. The van der Waals surface area contributed by atoms with E-state index in [9.17, 15) is 4.39 Å². The van der Waals surface area contributed by atoms with Crippen molar-refractivity contribution in [3.63, 3.8) is 0 Å². The van der Waals surface area contributed by atoms with Crippen molar-refractivity contribution in [1.82, 2.24) is 20.0 Å². The molecule has 0 spiro atoms. The standard InChI is InChI=1S/C9H10BFN4/c1-15-5-7(13-14-15)9(11)6-3-2-4-8(10)12-6/h2-5,9H,10H2,1H3. The average molecular weight is 204 g/mol. The van der Waals surface area contributed by atoms with Gasteiger partial charge in [-0.25, -0.2) is 4.39 Å². The smallest absolute Gasteiger partial charge is 0.187 e. The van der Waals surface area contributed by atoms with Gasteiger partial charge in [-0.2, -0.15) is 0 Å². The maximum absolute atomic E-state index is 13.9. The molecule has 0 aliphatic carbocycles. The molecule has 76 valence electrons. The molecule has 0 aromatic carbocycles. The zero-order valence-corrected chi connectivity index (χ0v) is 8.55. The van der Waals surface area contributed by atoms with E-state index in [1.807, 2.05) is 13.9 Å². The molecule has 2 rings (SSSR count). The summed E-state index contributed by atoms with van der Waals surface area (Å²) in [6, 6.07) is 5.25. The number of pyridine rings is 1. The van der Waals surface area contributed by atoms with Crippen molar-refractivity contribution in [2.45, 2.75) is 6.17 Å². The normalized spacial score (nSPS) is 12.7. The van der Waals surface area contributed by atoms with E-state index in [-0.39, 0.29) is 5.69 Å². The third-order valence-electron chi connectivity index (χ3n) is 2.05. The summed E-state index contributed by atoms with van der Waals surface area (Å²) in [5.41, 5.74) is 1.45. The summed E-state index contributed by atoms with van der Waals surface area (Å²) >= 11 is 0. The van der Waals surface area contributed by atoms with Crippen LogP contribution in [-0.4, -0.2) is 27.8 Å². The van der Waals surface area contributed by atoms with E-state index in [2.05, 4.69) is 15.3 Å². The van der Waals surface area contributed by atoms with Crippen LogP contribution in [0.3, 0.4) is 0 Å². The summed E-state index contributed by atoms with van der Waals surface area (Å²) in [5, 5.41) is 7.40. The minimum atomic E-state index is -1.31. The molecule has 0 aliphatic heterocycles. The van der Waals surface area contributed by atoms with Crippen LogP contribution in [0.4, 0.5) is 4.39 Å². The Morgan fingerprint density at radius 3 is 2.80 bits per heavy atom. The van der Waals surface area contributed by atoms with Gasteiger partial charge < -0.3 is 0 Å². The highest BCUT2D eigenvalue weighted by Gasteiger charge is 2.17. The number of rotatable bonds is 2. The predicted octanol–water partition coefficient (Wildman–Crippen LogP) is -0.473. The van der Waals surface area contributed by atoms with Crippen LogP contribution in [0.15, 0.2) is 24.4 Å². The monoisotopic (exact) mass is 204 g/mol. The van der Waals surface area contributed by atoms with Gasteiger partial charge in [0.2, 0.25) is 0 Å². The molecule has 0 saturated carbocycles. The Kier molecular flexibility index (Phi) is 2.49. The Labute approximate surface area is 87.6 Å². The van der Waals surface area contributed by atoms with Crippen LogP contribution >= 0.6 is 0 Å². The van der Waals surface area contributed by atoms with Crippen LogP contribution in [0.1, 0.15) is 17.6 Å². The molecule has 15 heavy (non-hydrogen) atoms. The van der Waals surface area contributed by atoms with Crippen molar-refractivity contribution in [3.8, 4) is 0 Å². The van der Waals surface area contributed by atoms with Gasteiger partial charge in [-0.3, -0.25) is 9.67 Å². The van der Waals surface area contributed by atoms with E-state index in [4.69, 9.17) is 0 Å². The largest absolute Gasteiger partial charge is 0.265 e. The Morgan fingerprint density at radius 2 is 2.20 bits per heavy atom. The second-order valence-corrected chi connectivity index (χ2v) is 3.38. The van der Waals surface area contributed by atoms with Crippen LogP contribution in [0.5, 0.6) is 0 Å². The van der Waals surface area contributed by atoms with Crippen LogP contribution < -0.4 is 5.59 Å². The lowest BCUT2D eigenvalue weighted by atomic mass is 10.0. The van der Waals surface area contributed by atoms with Gasteiger partial charge in [-0.05, 0) is 11.7 Å². The van der Waals surface area contributed by atoms with E-state index in [1.165, 1.54) is 4.68 Å². The molecule has 0 radical (unpaired) electrons. The van der Waals surface area contributed by atoms with Gasteiger partial charge in [-0.1, -0.05) is 17.3 Å². The molecule has 4 nitrogen and oxygen atoms in total. The van der Waals surface area contributed by atoms with E-state index < -0.39 is 6.17 Å². The van der Waals surface area contributed by atoms with Crippen molar-refractivity contribution in [2.75, 3.05) is 0 Å². The molecule has 1 atom stereocenters. The summed E-state index contributed by atoms with van der Waals surface area (Å²) < 4.78 is 15.4. The molecule has 2 aromatic heterocycles. The van der Waals surface area contributed by atoms with Gasteiger partial charge in [0.15, 0.2) is 14.0 Å². The molecule has 6 heteroatoms. The maximum atomic E-state index is 13.9. The second-order valence-electron chi connectivity index (χ2n) is 3.38. The molecule has 0 bridgehead atoms. The Balaban J connectivity index is 2.32. The molecule has 1 unspecified atom stereocenters. The summed E-state index contributed by atoms with van der Waals surface area (Å²) in [5.74, 6) is 0. The van der Waals surface area contributed by atoms with Crippen molar-refractivity contribution in [2.24, 2.45) is 7.05 Å². The molecule has 0 aliphatic rings. The molecular formula is C9H10BFN4. The fourth-order valence-electron chi connectivity index (χ4n) is 1.34. The third-order valence-corrected chi connectivity index (χ3v) is 2.05. The lowest BCUT2D eigenvalue weighted by Crippen LogP contribution is -2.11. The Hall–Kier alpha value is -1.72. The first-order valence-corrected chi connectivity index (χ1v) is 4.60. The molecular weight excluding hydrogens is 194 g/mol. The van der Waals surface area contributed by atoms with Gasteiger partial charge in [0.05, 0.1) is 11.9 Å². The number of hydrogen-bond donors (Lipinski definition) is 0. The lowest BCUT2D eigenvalue weighted by Gasteiger charge is -2.04. The summed E-state index contributed by atoms with van der Waals surface area (Å²) in [4.78, 5) is 4.11. The third kappa shape index (κ3) is 2.03. The first kappa shape index (κ1) is 9.83. The van der Waals surface area contributed by atoms with Crippen LogP contribution in [-0.2, 0) is 7.05 Å². The summed E-state index contributed by atoms with van der Waals surface area (Å²) in [6.07, 6.45) is 0.243. The molecule has 2 heterocycles. The van der Waals surface area contributed by atoms with Crippen LogP contribution in [0.25, 0.3) is 0 Å². The Bertz CT molecular complexity index is 471. The zero-order valence-electron chi connectivity index (χ0n) is 8.55. The quantitative estimate of drug-likeness (QED) is 0.621. The SMILES string of the molecule is Bc1cccc(C(F)c2cn(C)nn2)n1. The van der Waals surface area contributed by atoms with E-state index in [0.717, 1.165) is 5.59 Å².